The monoisotopic (exact) mass is 313 g/mol. The number of cyclic esters (lactones) is 1. The normalized spacial score (nSPS) is 27.1. The molecule has 23 heavy (non-hydrogen) atoms. The molecule has 1 amide bonds. The molecule has 1 atom stereocenters. The molecule has 0 radical (unpaired) electrons. The molecule has 2 heterocycles. The van der Waals surface area contributed by atoms with Gasteiger partial charge in [-0.15, -0.1) is 0 Å². The zero-order valence-corrected chi connectivity index (χ0v) is 13.6. The van der Waals surface area contributed by atoms with Crippen molar-refractivity contribution in [1.29, 1.82) is 0 Å². The standard InChI is InChI=1S/C18H23N3O2/c1-21(2)14-7-12(8-14)16-9-19-17-4-3-11(6-15(16)17)5-13-10-23-18(22)20-13/h3-4,6,9,12-14,19H,5,7-8,10H2,1-2H3,(H,20,22)/t12-,13-,14-/m0/s1. The number of aromatic amines is 1. The number of nitrogens with zero attached hydrogens (tertiary/aromatic N) is 1. The second-order valence-electron chi connectivity index (χ2n) is 7.05. The third-order valence-electron chi connectivity index (χ3n) is 5.28. The summed E-state index contributed by atoms with van der Waals surface area (Å²) in [6, 6.07) is 7.35. The average Bonchev–Trinajstić information content (AvgIpc) is 3.04. The number of amides is 1. The summed E-state index contributed by atoms with van der Waals surface area (Å²) >= 11 is 0. The van der Waals surface area contributed by atoms with Crippen molar-refractivity contribution in [2.45, 2.75) is 37.3 Å². The maximum Gasteiger partial charge on any atom is 0.407 e. The molecule has 5 nitrogen and oxygen atoms in total. The third kappa shape index (κ3) is 2.70. The first-order chi connectivity index (χ1) is 11.1. The maximum atomic E-state index is 11.1. The highest BCUT2D eigenvalue weighted by Crippen LogP contribution is 2.41. The van der Waals surface area contributed by atoms with Crippen molar-refractivity contribution in [2.75, 3.05) is 20.7 Å². The van der Waals surface area contributed by atoms with Crippen molar-refractivity contribution in [3.8, 4) is 0 Å². The lowest BCUT2D eigenvalue weighted by Crippen LogP contribution is -2.39. The Kier molecular flexibility index (Phi) is 3.53. The highest BCUT2D eigenvalue weighted by molar-refractivity contribution is 5.84. The first kappa shape index (κ1) is 14.6. The predicted octanol–water partition coefficient (Wildman–Crippen LogP) is 2.63. The van der Waals surface area contributed by atoms with Gasteiger partial charge in [-0.3, -0.25) is 0 Å². The number of aromatic nitrogens is 1. The van der Waals surface area contributed by atoms with Gasteiger partial charge in [-0.2, -0.15) is 0 Å². The Morgan fingerprint density at radius 2 is 2.13 bits per heavy atom. The molecule has 0 unspecified atom stereocenters. The lowest BCUT2D eigenvalue weighted by Gasteiger charge is -2.39. The molecule has 5 heteroatoms. The van der Waals surface area contributed by atoms with Gasteiger partial charge in [-0.25, -0.2) is 4.79 Å². The molecule has 2 fully saturated rings. The summed E-state index contributed by atoms with van der Waals surface area (Å²) in [4.78, 5) is 16.9. The van der Waals surface area contributed by atoms with E-state index in [0.29, 0.717) is 18.6 Å². The van der Waals surface area contributed by atoms with Gasteiger partial charge >= 0.3 is 6.09 Å². The Balaban J connectivity index is 1.53. The molecule has 1 aliphatic carbocycles. The zero-order chi connectivity index (χ0) is 16.0. The van der Waals surface area contributed by atoms with Crippen LogP contribution >= 0.6 is 0 Å². The second-order valence-corrected chi connectivity index (χ2v) is 7.05. The molecule has 1 saturated heterocycles. The van der Waals surface area contributed by atoms with Gasteiger partial charge in [0.15, 0.2) is 0 Å². The Bertz CT molecular complexity index is 731. The van der Waals surface area contributed by atoms with Crippen molar-refractivity contribution in [2.24, 2.45) is 0 Å². The topological polar surface area (TPSA) is 57.4 Å². The number of ether oxygens (including phenoxy) is 1. The highest BCUT2D eigenvalue weighted by Gasteiger charge is 2.33. The first-order valence-electron chi connectivity index (χ1n) is 8.30. The Morgan fingerprint density at radius 1 is 1.30 bits per heavy atom. The van der Waals surface area contributed by atoms with Crippen molar-refractivity contribution in [3.63, 3.8) is 0 Å². The Labute approximate surface area is 136 Å². The van der Waals surface area contributed by atoms with Gasteiger partial charge in [-0.05, 0) is 62.5 Å². The van der Waals surface area contributed by atoms with E-state index in [1.54, 1.807) is 0 Å². The Hall–Kier alpha value is -2.01. The summed E-state index contributed by atoms with van der Waals surface area (Å²) in [7, 11) is 4.32. The molecule has 0 spiro atoms. The highest BCUT2D eigenvalue weighted by atomic mass is 16.6. The molecular formula is C18H23N3O2. The number of rotatable bonds is 4. The van der Waals surface area contributed by atoms with E-state index in [0.717, 1.165) is 6.42 Å². The van der Waals surface area contributed by atoms with Crippen molar-refractivity contribution in [3.05, 3.63) is 35.5 Å². The van der Waals surface area contributed by atoms with Gasteiger partial charge in [0.25, 0.3) is 0 Å². The van der Waals surface area contributed by atoms with Crippen LogP contribution in [0.2, 0.25) is 0 Å². The van der Waals surface area contributed by atoms with Gasteiger partial charge < -0.3 is 19.9 Å². The van der Waals surface area contributed by atoms with E-state index >= 15 is 0 Å². The van der Waals surface area contributed by atoms with Gasteiger partial charge in [0, 0.05) is 23.1 Å². The van der Waals surface area contributed by atoms with Crippen LogP contribution in [-0.2, 0) is 11.2 Å². The molecular weight excluding hydrogens is 290 g/mol. The molecule has 1 aliphatic heterocycles. The number of hydrogen-bond donors (Lipinski definition) is 2. The Morgan fingerprint density at radius 3 is 2.83 bits per heavy atom. The van der Waals surface area contributed by atoms with Crippen LogP contribution < -0.4 is 5.32 Å². The average molecular weight is 313 g/mol. The molecule has 1 saturated carbocycles. The van der Waals surface area contributed by atoms with Gasteiger partial charge in [-0.1, -0.05) is 6.07 Å². The van der Waals surface area contributed by atoms with Gasteiger partial charge in [0.2, 0.25) is 0 Å². The van der Waals surface area contributed by atoms with Crippen molar-refractivity contribution >= 4 is 17.0 Å². The van der Waals surface area contributed by atoms with E-state index in [1.165, 1.54) is 34.9 Å². The van der Waals surface area contributed by atoms with Crippen LogP contribution in [0.4, 0.5) is 4.79 Å². The fourth-order valence-electron chi connectivity index (χ4n) is 3.74. The van der Waals surface area contributed by atoms with Crippen LogP contribution in [0.5, 0.6) is 0 Å². The third-order valence-corrected chi connectivity index (χ3v) is 5.28. The molecule has 2 aromatic rings. The SMILES string of the molecule is CN(C)[C@H]1C[C@H](c2c[nH]c3ccc(C[C@H]4COC(=O)N4)cc32)C1. The summed E-state index contributed by atoms with van der Waals surface area (Å²) < 4.78 is 4.97. The minimum atomic E-state index is -0.303. The number of H-pyrrole nitrogens is 1. The van der Waals surface area contributed by atoms with Crippen molar-refractivity contribution in [1.82, 2.24) is 15.2 Å². The number of hydrogen-bond acceptors (Lipinski definition) is 3. The van der Waals surface area contributed by atoms with Gasteiger partial charge in [0.05, 0.1) is 6.04 Å². The van der Waals surface area contributed by atoms with Gasteiger partial charge in [0.1, 0.15) is 6.61 Å². The number of carbonyl (C=O) groups is 1. The molecule has 1 aromatic heterocycles. The number of fused-ring (bicyclic) bond motifs is 1. The molecule has 122 valence electrons. The molecule has 4 rings (SSSR count). The zero-order valence-electron chi connectivity index (χ0n) is 13.6. The van der Waals surface area contributed by atoms with E-state index in [1.807, 2.05) is 0 Å². The van der Waals surface area contributed by atoms with Crippen molar-refractivity contribution < 1.29 is 9.53 Å². The van der Waals surface area contributed by atoms with Crippen LogP contribution in [0.3, 0.4) is 0 Å². The van der Waals surface area contributed by atoms with E-state index in [2.05, 4.69) is 53.7 Å². The van der Waals surface area contributed by atoms with Crippen LogP contribution in [0, 0.1) is 0 Å². The number of carbonyl (C=O) groups excluding carboxylic acids is 1. The number of benzene rings is 1. The summed E-state index contributed by atoms with van der Waals surface area (Å²) in [6.07, 6.45) is 5.15. The fraction of sp³-hybridized carbons (Fsp3) is 0.500. The van der Waals surface area contributed by atoms with E-state index < -0.39 is 0 Å². The maximum absolute atomic E-state index is 11.1. The summed E-state index contributed by atoms with van der Waals surface area (Å²) in [5.41, 5.74) is 3.88. The lowest BCUT2D eigenvalue weighted by molar-refractivity contribution is 0.167. The second kappa shape index (κ2) is 5.57. The largest absolute Gasteiger partial charge is 0.447 e. The van der Waals surface area contributed by atoms with E-state index in [-0.39, 0.29) is 12.1 Å². The van der Waals surface area contributed by atoms with Crippen LogP contribution in [0.1, 0.15) is 29.9 Å². The summed E-state index contributed by atoms with van der Waals surface area (Å²) in [5, 5.41) is 4.18. The number of nitrogens with one attached hydrogen (secondary N) is 2. The quantitative estimate of drug-likeness (QED) is 0.912. The number of alkyl carbamates (subject to hydrolysis) is 1. The smallest absolute Gasteiger partial charge is 0.407 e. The van der Waals surface area contributed by atoms with E-state index in [9.17, 15) is 4.79 Å². The summed E-state index contributed by atoms with van der Waals surface area (Å²) in [5.74, 6) is 0.654. The summed E-state index contributed by atoms with van der Waals surface area (Å²) in [6.45, 7) is 0.462. The molecule has 2 N–H and O–H groups in total. The minimum absolute atomic E-state index is 0.0872. The first-order valence-corrected chi connectivity index (χ1v) is 8.30. The lowest BCUT2D eigenvalue weighted by atomic mass is 9.75. The van der Waals surface area contributed by atoms with Crippen LogP contribution in [0.25, 0.3) is 10.9 Å². The van der Waals surface area contributed by atoms with Crippen LogP contribution in [-0.4, -0.2) is 48.8 Å². The molecule has 2 aliphatic rings. The minimum Gasteiger partial charge on any atom is -0.447 e. The van der Waals surface area contributed by atoms with E-state index in [4.69, 9.17) is 4.74 Å². The van der Waals surface area contributed by atoms with Crippen LogP contribution in [0.15, 0.2) is 24.4 Å². The molecule has 1 aromatic carbocycles. The fourth-order valence-corrected chi connectivity index (χ4v) is 3.74. The molecule has 0 bridgehead atoms. The predicted molar refractivity (Wildman–Crippen MR) is 89.7 cm³/mol.